The van der Waals surface area contributed by atoms with Crippen molar-refractivity contribution in [3.63, 3.8) is 0 Å². The van der Waals surface area contributed by atoms with Crippen LogP contribution in [-0.4, -0.2) is 26.1 Å². The lowest BCUT2D eigenvalue weighted by atomic mass is 10.1. The van der Waals surface area contributed by atoms with Gasteiger partial charge in [0.2, 0.25) is 5.91 Å². The zero-order valence-corrected chi connectivity index (χ0v) is 12.2. The van der Waals surface area contributed by atoms with Gasteiger partial charge >= 0.3 is 0 Å². The Balaban J connectivity index is 2.18. The molecule has 0 atom stereocenters. The van der Waals surface area contributed by atoms with Gasteiger partial charge in [-0.2, -0.15) is 0 Å². The van der Waals surface area contributed by atoms with Crippen LogP contribution in [0.5, 0.6) is 5.75 Å². The first-order valence-corrected chi connectivity index (χ1v) is 7.41. The molecule has 1 saturated carbocycles. The molecule has 0 bridgehead atoms. The monoisotopic (exact) mass is 276 g/mol. The average molecular weight is 276 g/mol. The number of hydrogen-bond donors (Lipinski definition) is 1. The van der Waals surface area contributed by atoms with E-state index >= 15 is 0 Å². The fraction of sp³-hybridized carbons (Fsp3) is 0.562. The number of anilines is 1. The summed E-state index contributed by atoms with van der Waals surface area (Å²) in [6.07, 6.45) is 5.18. The van der Waals surface area contributed by atoms with Gasteiger partial charge in [0.25, 0.3) is 0 Å². The molecule has 0 radical (unpaired) electrons. The molecule has 0 aromatic heterocycles. The van der Waals surface area contributed by atoms with Crippen LogP contribution < -0.4 is 15.4 Å². The van der Waals surface area contributed by atoms with Crippen LogP contribution in [0.25, 0.3) is 0 Å². The topological polar surface area (TPSA) is 55.6 Å². The van der Waals surface area contributed by atoms with Crippen LogP contribution in [0.4, 0.5) is 5.69 Å². The third kappa shape index (κ3) is 3.51. The molecule has 20 heavy (non-hydrogen) atoms. The van der Waals surface area contributed by atoms with Crippen molar-refractivity contribution in [1.29, 1.82) is 0 Å². The molecule has 1 fully saturated rings. The van der Waals surface area contributed by atoms with Crippen molar-refractivity contribution < 1.29 is 9.53 Å². The van der Waals surface area contributed by atoms with Gasteiger partial charge in [-0.1, -0.05) is 18.9 Å². The molecule has 0 unspecified atom stereocenters. The molecule has 1 aliphatic carbocycles. The Bertz CT molecular complexity index is 442. The summed E-state index contributed by atoms with van der Waals surface area (Å²) in [5.74, 6) is 1.20. The summed E-state index contributed by atoms with van der Waals surface area (Å²) in [7, 11) is 1.64. The van der Waals surface area contributed by atoms with E-state index in [1.165, 1.54) is 12.8 Å². The molecule has 1 amide bonds. The zero-order valence-electron chi connectivity index (χ0n) is 12.2. The highest BCUT2D eigenvalue weighted by atomic mass is 16.5. The van der Waals surface area contributed by atoms with Gasteiger partial charge in [-0.15, -0.1) is 0 Å². The highest BCUT2D eigenvalue weighted by Gasteiger charge is 2.27. The molecular formula is C16H24N2O2. The number of methoxy groups -OCH3 is 1. The van der Waals surface area contributed by atoms with Crippen molar-refractivity contribution in [1.82, 2.24) is 0 Å². The predicted molar refractivity (Wildman–Crippen MR) is 81.0 cm³/mol. The number of carbonyl (C=O) groups excluding carboxylic acids is 1. The third-order valence-electron chi connectivity index (χ3n) is 3.92. The second kappa shape index (κ2) is 7.29. The van der Waals surface area contributed by atoms with E-state index in [1.807, 2.05) is 29.2 Å². The van der Waals surface area contributed by atoms with Gasteiger partial charge in [-0.3, -0.25) is 4.79 Å². The summed E-state index contributed by atoms with van der Waals surface area (Å²) in [6.45, 7) is 1.28. The van der Waals surface area contributed by atoms with E-state index in [2.05, 4.69) is 0 Å². The number of rotatable bonds is 6. The van der Waals surface area contributed by atoms with E-state index in [0.29, 0.717) is 13.1 Å². The molecule has 0 aliphatic heterocycles. The van der Waals surface area contributed by atoms with Gasteiger partial charge < -0.3 is 15.4 Å². The maximum Gasteiger partial charge on any atom is 0.230 e. The Hall–Kier alpha value is -1.55. The molecular weight excluding hydrogens is 252 g/mol. The largest absolute Gasteiger partial charge is 0.497 e. The summed E-state index contributed by atoms with van der Waals surface area (Å²) in [5, 5.41) is 0. The van der Waals surface area contributed by atoms with Crippen molar-refractivity contribution in [2.45, 2.75) is 32.1 Å². The number of benzene rings is 1. The normalized spacial score (nSPS) is 15.3. The number of carbonyl (C=O) groups is 1. The predicted octanol–water partition coefficient (Wildman–Crippen LogP) is 2.57. The van der Waals surface area contributed by atoms with Crippen molar-refractivity contribution >= 4 is 11.6 Å². The van der Waals surface area contributed by atoms with Crippen molar-refractivity contribution in [2.75, 3.05) is 25.1 Å². The molecule has 2 rings (SSSR count). The van der Waals surface area contributed by atoms with E-state index < -0.39 is 0 Å². The molecule has 1 aromatic rings. The SMILES string of the molecule is COc1cccc(N(CCCN)C(=O)C2CCCC2)c1. The number of nitrogens with two attached hydrogens (primary N) is 1. The van der Waals surface area contributed by atoms with Gasteiger partial charge in [0.1, 0.15) is 5.75 Å². The maximum absolute atomic E-state index is 12.7. The van der Waals surface area contributed by atoms with Crippen LogP contribution in [0, 0.1) is 5.92 Å². The standard InChI is InChI=1S/C16H24N2O2/c1-20-15-9-4-8-14(12-15)18(11-5-10-17)16(19)13-6-2-3-7-13/h4,8-9,12-13H,2-3,5-7,10-11,17H2,1H3. The fourth-order valence-corrected chi connectivity index (χ4v) is 2.79. The minimum Gasteiger partial charge on any atom is -0.497 e. The Labute approximate surface area is 120 Å². The van der Waals surface area contributed by atoms with E-state index in [0.717, 1.165) is 30.7 Å². The van der Waals surface area contributed by atoms with E-state index in [4.69, 9.17) is 10.5 Å². The van der Waals surface area contributed by atoms with E-state index in [1.54, 1.807) is 7.11 Å². The lowest BCUT2D eigenvalue weighted by Gasteiger charge is -2.26. The first-order chi connectivity index (χ1) is 9.76. The van der Waals surface area contributed by atoms with Gasteiger partial charge in [0.15, 0.2) is 0 Å². The van der Waals surface area contributed by atoms with Crippen molar-refractivity contribution in [3.8, 4) is 5.75 Å². The van der Waals surface area contributed by atoms with Crippen LogP contribution in [0.1, 0.15) is 32.1 Å². The number of hydrogen-bond acceptors (Lipinski definition) is 3. The maximum atomic E-state index is 12.7. The van der Waals surface area contributed by atoms with Gasteiger partial charge in [-0.05, 0) is 37.9 Å². The second-order valence-electron chi connectivity index (χ2n) is 5.31. The lowest BCUT2D eigenvalue weighted by Crippen LogP contribution is -2.37. The molecule has 1 aliphatic rings. The second-order valence-corrected chi connectivity index (χ2v) is 5.31. The Morgan fingerprint density at radius 1 is 1.40 bits per heavy atom. The molecule has 0 spiro atoms. The van der Waals surface area contributed by atoms with Gasteiger partial charge in [-0.25, -0.2) is 0 Å². The molecule has 0 heterocycles. The minimum atomic E-state index is 0.180. The number of ether oxygens (including phenoxy) is 1. The summed E-state index contributed by atoms with van der Waals surface area (Å²) >= 11 is 0. The van der Waals surface area contributed by atoms with E-state index in [-0.39, 0.29) is 11.8 Å². The number of amides is 1. The van der Waals surface area contributed by atoms with Crippen LogP contribution in [-0.2, 0) is 4.79 Å². The summed E-state index contributed by atoms with van der Waals surface area (Å²) < 4.78 is 5.25. The smallest absolute Gasteiger partial charge is 0.230 e. The van der Waals surface area contributed by atoms with Crippen LogP contribution >= 0.6 is 0 Å². The highest BCUT2D eigenvalue weighted by Crippen LogP contribution is 2.29. The zero-order chi connectivity index (χ0) is 14.4. The molecule has 1 aromatic carbocycles. The first kappa shape index (κ1) is 14.9. The Kier molecular flexibility index (Phi) is 5.41. The Morgan fingerprint density at radius 3 is 2.80 bits per heavy atom. The molecule has 4 heteroatoms. The quantitative estimate of drug-likeness (QED) is 0.868. The van der Waals surface area contributed by atoms with Gasteiger partial charge in [0, 0.05) is 24.2 Å². The molecule has 0 saturated heterocycles. The van der Waals surface area contributed by atoms with Crippen LogP contribution in [0.3, 0.4) is 0 Å². The van der Waals surface area contributed by atoms with E-state index in [9.17, 15) is 4.79 Å². The fourth-order valence-electron chi connectivity index (χ4n) is 2.79. The molecule has 110 valence electrons. The highest BCUT2D eigenvalue weighted by molar-refractivity contribution is 5.95. The lowest BCUT2D eigenvalue weighted by molar-refractivity contribution is -0.122. The molecule has 4 nitrogen and oxygen atoms in total. The molecule has 2 N–H and O–H groups in total. The number of nitrogens with zero attached hydrogens (tertiary/aromatic N) is 1. The van der Waals surface area contributed by atoms with Crippen molar-refractivity contribution in [2.24, 2.45) is 11.7 Å². The summed E-state index contributed by atoms with van der Waals surface area (Å²) in [5.41, 5.74) is 6.51. The third-order valence-corrected chi connectivity index (χ3v) is 3.92. The van der Waals surface area contributed by atoms with Gasteiger partial charge in [0.05, 0.1) is 7.11 Å². The average Bonchev–Trinajstić information content (AvgIpc) is 3.02. The first-order valence-electron chi connectivity index (χ1n) is 7.41. The van der Waals surface area contributed by atoms with Crippen molar-refractivity contribution in [3.05, 3.63) is 24.3 Å². The summed E-state index contributed by atoms with van der Waals surface area (Å²) in [4.78, 5) is 14.6. The van der Waals surface area contributed by atoms with Crippen LogP contribution in [0.15, 0.2) is 24.3 Å². The van der Waals surface area contributed by atoms with Crippen LogP contribution in [0.2, 0.25) is 0 Å². The minimum absolute atomic E-state index is 0.180. The Morgan fingerprint density at radius 2 is 2.15 bits per heavy atom. The summed E-state index contributed by atoms with van der Waals surface area (Å²) in [6, 6.07) is 7.70.